The van der Waals surface area contributed by atoms with Crippen molar-refractivity contribution >= 4 is 26.0 Å². The van der Waals surface area contributed by atoms with Gasteiger partial charge in [0.15, 0.2) is 0 Å². The Balaban J connectivity index is 2.19. The van der Waals surface area contributed by atoms with Crippen LogP contribution in [0.5, 0.6) is 0 Å². The maximum absolute atomic E-state index is 13.8. The lowest BCUT2D eigenvalue weighted by molar-refractivity contribution is 0.201. The summed E-state index contributed by atoms with van der Waals surface area (Å²) in [5.41, 5.74) is 0.431. The summed E-state index contributed by atoms with van der Waals surface area (Å²) in [4.78, 5) is 0.0725. The average Bonchev–Trinajstić information content (AvgIpc) is 2.47. The van der Waals surface area contributed by atoms with E-state index in [1.165, 1.54) is 18.2 Å². The zero-order valence-corrected chi connectivity index (χ0v) is 14.6. The van der Waals surface area contributed by atoms with Crippen LogP contribution in [0.15, 0.2) is 57.9 Å². The molecular weight excluding hydrogens is 371 g/mol. The summed E-state index contributed by atoms with van der Waals surface area (Å²) < 4.78 is 44.3. The maximum Gasteiger partial charge on any atom is 0.297 e. The van der Waals surface area contributed by atoms with Crippen LogP contribution < -0.4 is 0 Å². The molecule has 3 nitrogen and oxygen atoms in total. The van der Waals surface area contributed by atoms with E-state index in [4.69, 9.17) is 4.18 Å². The SMILES string of the molecule is C[C@@H](OS(=O)(=O)c1ccc(Br)cc1)[C@@H](C)c1ccccc1F. The normalized spacial score (nSPS) is 14.5. The van der Waals surface area contributed by atoms with Gasteiger partial charge >= 0.3 is 0 Å². The highest BCUT2D eigenvalue weighted by molar-refractivity contribution is 9.10. The van der Waals surface area contributed by atoms with E-state index in [0.29, 0.717) is 5.56 Å². The van der Waals surface area contributed by atoms with Gasteiger partial charge < -0.3 is 0 Å². The number of benzene rings is 2. The van der Waals surface area contributed by atoms with Crippen molar-refractivity contribution < 1.29 is 17.0 Å². The Hall–Kier alpha value is -1.24. The van der Waals surface area contributed by atoms with Crippen LogP contribution >= 0.6 is 15.9 Å². The molecule has 0 unspecified atom stereocenters. The van der Waals surface area contributed by atoms with E-state index in [1.807, 2.05) is 0 Å². The van der Waals surface area contributed by atoms with Crippen LogP contribution in [0.3, 0.4) is 0 Å². The Labute approximate surface area is 138 Å². The van der Waals surface area contributed by atoms with Crippen LogP contribution in [0.4, 0.5) is 4.39 Å². The molecule has 0 saturated heterocycles. The smallest absolute Gasteiger partial charge is 0.263 e. The summed E-state index contributed by atoms with van der Waals surface area (Å²) in [5, 5.41) is 0. The van der Waals surface area contributed by atoms with E-state index < -0.39 is 22.1 Å². The number of halogens is 2. The summed E-state index contributed by atoms with van der Waals surface area (Å²) in [6.07, 6.45) is -0.689. The fourth-order valence-corrected chi connectivity index (χ4v) is 3.45. The first-order valence-electron chi connectivity index (χ1n) is 6.74. The molecule has 118 valence electrons. The molecule has 0 amide bonds. The molecule has 2 aromatic carbocycles. The van der Waals surface area contributed by atoms with Crippen LogP contribution in [0.1, 0.15) is 25.3 Å². The van der Waals surface area contributed by atoms with Gasteiger partial charge in [0.05, 0.1) is 11.0 Å². The van der Waals surface area contributed by atoms with Gasteiger partial charge in [0.2, 0.25) is 0 Å². The molecule has 2 rings (SSSR count). The molecule has 2 atom stereocenters. The lowest BCUT2D eigenvalue weighted by atomic mass is 9.96. The Kier molecular flexibility index (Phi) is 5.36. The van der Waals surface area contributed by atoms with Crippen LogP contribution in [-0.4, -0.2) is 14.5 Å². The zero-order valence-electron chi connectivity index (χ0n) is 12.2. The summed E-state index contributed by atoms with van der Waals surface area (Å²) in [7, 11) is -3.89. The second-order valence-corrected chi connectivity index (χ2v) is 7.51. The zero-order chi connectivity index (χ0) is 16.3. The van der Waals surface area contributed by atoms with Gasteiger partial charge in [-0.3, -0.25) is 4.18 Å². The third-order valence-corrected chi connectivity index (χ3v) is 5.42. The van der Waals surface area contributed by atoms with Gasteiger partial charge in [-0.25, -0.2) is 4.39 Å². The molecule has 0 N–H and O–H groups in total. The van der Waals surface area contributed by atoms with Crippen molar-refractivity contribution in [2.75, 3.05) is 0 Å². The van der Waals surface area contributed by atoms with Gasteiger partial charge in [0.1, 0.15) is 5.82 Å². The fraction of sp³-hybridized carbons (Fsp3) is 0.250. The highest BCUT2D eigenvalue weighted by atomic mass is 79.9. The van der Waals surface area contributed by atoms with Crippen molar-refractivity contribution in [3.63, 3.8) is 0 Å². The molecule has 0 heterocycles. The fourth-order valence-electron chi connectivity index (χ4n) is 2.04. The van der Waals surface area contributed by atoms with Crippen LogP contribution in [0.25, 0.3) is 0 Å². The molecule has 6 heteroatoms. The molecule has 0 aliphatic rings. The molecular formula is C16H16BrFO3S. The molecule has 0 radical (unpaired) electrons. The van der Waals surface area contributed by atoms with E-state index in [1.54, 1.807) is 44.2 Å². The van der Waals surface area contributed by atoms with Gasteiger partial charge in [-0.15, -0.1) is 0 Å². The molecule has 0 bridgehead atoms. The van der Waals surface area contributed by atoms with Gasteiger partial charge in [-0.05, 0) is 42.8 Å². The van der Waals surface area contributed by atoms with Crippen LogP contribution in [0.2, 0.25) is 0 Å². The van der Waals surface area contributed by atoms with Gasteiger partial charge in [-0.2, -0.15) is 8.42 Å². The Morgan fingerprint density at radius 3 is 2.23 bits per heavy atom. The minimum Gasteiger partial charge on any atom is -0.263 e. The molecule has 0 aromatic heterocycles. The first-order chi connectivity index (χ1) is 10.3. The topological polar surface area (TPSA) is 43.4 Å². The predicted octanol–water partition coefficient (Wildman–Crippen LogP) is 4.49. The van der Waals surface area contributed by atoms with Crippen molar-refractivity contribution in [1.29, 1.82) is 0 Å². The predicted molar refractivity (Wildman–Crippen MR) is 86.7 cm³/mol. The van der Waals surface area contributed by atoms with Crippen molar-refractivity contribution in [2.45, 2.75) is 30.8 Å². The molecule has 0 aliphatic heterocycles. The second-order valence-electron chi connectivity index (χ2n) is 5.02. The molecule has 0 aliphatic carbocycles. The number of rotatable bonds is 5. The van der Waals surface area contributed by atoms with E-state index in [9.17, 15) is 12.8 Å². The maximum atomic E-state index is 13.8. The van der Waals surface area contributed by atoms with E-state index in [-0.39, 0.29) is 10.7 Å². The third-order valence-electron chi connectivity index (χ3n) is 3.48. The van der Waals surface area contributed by atoms with Crippen molar-refractivity contribution in [3.8, 4) is 0 Å². The van der Waals surface area contributed by atoms with Gasteiger partial charge in [-0.1, -0.05) is 41.1 Å². The van der Waals surface area contributed by atoms with Gasteiger partial charge in [0, 0.05) is 10.4 Å². The van der Waals surface area contributed by atoms with Crippen molar-refractivity contribution in [3.05, 3.63) is 64.4 Å². The van der Waals surface area contributed by atoms with Gasteiger partial charge in [0.25, 0.3) is 10.1 Å². The first-order valence-corrected chi connectivity index (χ1v) is 8.94. The summed E-state index contributed by atoms with van der Waals surface area (Å²) in [5.74, 6) is -0.766. The van der Waals surface area contributed by atoms with E-state index >= 15 is 0 Å². The summed E-state index contributed by atoms with van der Waals surface area (Å²) in [6.45, 7) is 3.35. The van der Waals surface area contributed by atoms with Crippen LogP contribution in [0, 0.1) is 5.82 Å². The number of hydrogen-bond donors (Lipinski definition) is 0. The molecule has 22 heavy (non-hydrogen) atoms. The monoisotopic (exact) mass is 386 g/mol. The highest BCUT2D eigenvalue weighted by Gasteiger charge is 2.25. The minimum atomic E-state index is -3.89. The molecule has 0 spiro atoms. The van der Waals surface area contributed by atoms with Crippen LogP contribution in [-0.2, 0) is 14.3 Å². The third kappa shape index (κ3) is 3.94. The Morgan fingerprint density at radius 1 is 1.05 bits per heavy atom. The quantitative estimate of drug-likeness (QED) is 0.711. The minimum absolute atomic E-state index is 0.0725. The Morgan fingerprint density at radius 2 is 1.64 bits per heavy atom. The lowest BCUT2D eigenvalue weighted by Crippen LogP contribution is -2.22. The lowest BCUT2D eigenvalue weighted by Gasteiger charge is -2.21. The van der Waals surface area contributed by atoms with Crippen molar-refractivity contribution in [1.82, 2.24) is 0 Å². The molecule has 0 fully saturated rings. The average molecular weight is 387 g/mol. The highest BCUT2D eigenvalue weighted by Crippen LogP contribution is 2.27. The van der Waals surface area contributed by atoms with Crippen molar-refractivity contribution in [2.24, 2.45) is 0 Å². The molecule has 2 aromatic rings. The van der Waals surface area contributed by atoms with E-state index in [2.05, 4.69) is 15.9 Å². The standard InChI is InChI=1S/C16H16BrFO3S/c1-11(15-5-3-4-6-16(15)18)12(2)21-22(19,20)14-9-7-13(17)8-10-14/h3-12H,1-2H3/t11-,12-/m1/s1. The summed E-state index contributed by atoms with van der Waals surface area (Å²) in [6, 6.07) is 12.5. The molecule has 0 saturated carbocycles. The Bertz CT molecular complexity index is 744. The van der Waals surface area contributed by atoms with E-state index in [0.717, 1.165) is 4.47 Å². The largest absolute Gasteiger partial charge is 0.297 e. The first kappa shape index (κ1) is 17.1. The second kappa shape index (κ2) is 6.89. The number of hydrogen-bond acceptors (Lipinski definition) is 3. The summed E-state index contributed by atoms with van der Waals surface area (Å²) >= 11 is 3.25.